The SMILES string of the molecule is CN(C)C1CCC(CNc2nnc(N)s2)CC1. The third-order valence-electron chi connectivity index (χ3n) is 3.53. The number of nitrogens with zero attached hydrogens (tertiary/aromatic N) is 3. The second kappa shape index (κ2) is 5.64. The van der Waals surface area contributed by atoms with Gasteiger partial charge in [0.15, 0.2) is 0 Å². The minimum atomic E-state index is 0.531. The molecule has 0 unspecified atom stereocenters. The van der Waals surface area contributed by atoms with Crippen molar-refractivity contribution in [1.29, 1.82) is 0 Å². The topological polar surface area (TPSA) is 67.1 Å². The molecule has 0 aliphatic heterocycles. The molecule has 0 spiro atoms. The molecule has 17 heavy (non-hydrogen) atoms. The standard InChI is InChI=1S/C11H21N5S/c1-16(2)9-5-3-8(4-6-9)7-13-11-15-14-10(12)17-11/h8-9H,3-7H2,1-2H3,(H2,12,14)(H,13,15). The quantitative estimate of drug-likeness (QED) is 0.856. The van der Waals surface area contributed by atoms with Crippen LogP contribution >= 0.6 is 11.3 Å². The van der Waals surface area contributed by atoms with Crippen molar-refractivity contribution in [2.45, 2.75) is 31.7 Å². The Bertz CT molecular complexity index is 343. The Morgan fingerprint density at radius 2 is 2.00 bits per heavy atom. The second-order valence-electron chi connectivity index (χ2n) is 4.96. The van der Waals surface area contributed by atoms with Gasteiger partial charge in [-0.15, -0.1) is 10.2 Å². The van der Waals surface area contributed by atoms with Crippen molar-refractivity contribution in [2.24, 2.45) is 5.92 Å². The number of hydrogen-bond acceptors (Lipinski definition) is 6. The van der Waals surface area contributed by atoms with Crippen molar-refractivity contribution >= 4 is 21.6 Å². The van der Waals surface area contributed by atoms with E-state index in [9.17, 15) is 0 Å². The summed E-state index contributed by atoms with van der Waals surface area (Å²) < 4.78 is 0. The van der Waals surface area contributed by atoms with Crippen molar-refractivity contribution in [1.82, 2.24) is 15.1 Å². The van der Waals surface area contributed by atoms with Crippen molar-refractivity contribution < 1.29 is 0 Å². The lowest BCUT2D eigenvalue weighted by molar-refractivity contribution is 0.198. The summed E-state index contributed by atoms with van der Waals surface area (Å²) in [7, 11) is 4.35. The maximum Gasteiger partial charge on any atom is 0.207 e. The number of nitrogen functional groups attached to an aromatic ring is 1. The van der Waals surface area contributed by atoms with E-state index in [1.165, 1.54) is 37.0 Å². The molecule has 1 saturated carbocycles. The fourth-order valence-corrected chi connectivity index (χ4v) is 2.92. The number of aromatic nitrogens is 2. The lowest BCUT2D eigenvalue weighted by atomic mass is 9.85. The van der Waals surface area contributed by atoms with Crippen LogP contribution in [0.2, 0.25) is 0 Å². The maximum atomic E-state index is 5.54. The predicted molar refractivity (Wildman–Crippen MR) is 72.2 cm³/mol. The van der Waals surface area contributed by atoms with E-state index in [4.69, 9.17) is 5.73 Å². The first-order valence-corrected chi connectivity index (χ1v) is 6.96. The van der Waals surface area contributed by atoms with Crippen molar-refractivity contribution in [3.05, 3.63) is 0 Å². The Kier molecular flexibility index (Phi) is 4.17. The van der Waals surface area contributed by atoms with Crippen LogP contribution < -0.4 is 11.1 Å². The molecule has 0 amide bonds. The molecular formula is C11H21N5S. The summed E-state index contributed by atoms with van der Waals surface area (Å²) in [6, 6.07) is 0.767. The summed E-state index contributed by atoms with van der Waals surface area (Å²) in [6.45, 7) is 0.995. The normalized spacial score (nSPS) is 25.1. The molecule has 0 bridgehead atoms. The van der Waals surface area contributed by atoms with E-state index in [2.05, 4.69) is 34.5 Å². The fraction of sp³-hybridized carbons (Fsp3) is 0.818. The zero-order valence-electron chi connectivity index (χ0n) is 10.5. The summed E-state index contributed by atoms with van der Waals surface area (Å²) >= 11 is 1.42. The van der Waals surface area contributed by atoms with Gasteiger partial charge in [-0.25, -0.2) is 0 Å². The van der Waals surface area contributed by atoms with Crippen LogP contribution in [0.1, 0.15) is 25.7 Å². The third kappa shape index (κ3) is 3.54. The number of nitrogens with two attached hydrogens (primary N) is 1. The maximum absolute atomic E-state index is 5.54. The molecule has 0 aromatic carbocycles. The predicted octanol–water partition coefficient (Wildman–Crippen LogP) is 1.65. The van der Waals surface area contributed by atoms with Gasteiger partial charge < -0.3 is 16.0 Å². The van der Waals surface area contributed by atoms with Crippen molar-refractivity contribution in [2.75, 3.05) is 31.7 Å². The highest BCUT2D eigenvalue weighted by molar-refractivity contribution is 7.18. The highest BCUT2D eigenvalue weighted by Crippen LogP contribution is 2.27. The van der Waals surface area contributed by atoms with Gasteiger partial charge in [-0.1, -0.05) is 11.3 Å². The molecule has 5 nitrogen and oxygen atoms in total. The Morgan fingerprint density at radius 1 is 1.29 bits per heavy atom. The van der Waals surface area contributed by atoms with Crippen molar-refractivity contribution in [3.63, 3.8) is 0 Å². The molecule has 1 aromatic rings. The smallest absolute Gasteiger partial charge is 0.207 e. The van der Waals surface area contributed by atoms with Gasteiger partial charge in [0, 0.05) is 12.6 Å². The van der Waals surface area contributed by atoms with Crippen molar-refractivity contribution in [3.8, 4) is 0 Å². The number of rotatable bonds is 4. The summed E-state index contributed by atoms with van der Waals surface area (Å²) in [5.41, 5.74) is 5.54. The molecule has 0 saturated heterocycles. The van der Waals surface area contributed by atoms with E-state index in [-0.39, 0.29) is 0 Å². The van der Waals surface area contributed by atoms with E-state index in [1.807, 2.05) is 0 Å². The first-order valence-electron chi connectivity index (χ1n) is 6.14. The molecule has 0 atom stereocenters. The zero-order chi connectivity index (χ0) is 12.3. The molecule has 1 aliphatic rings. The Labute approximate surface area is 106 Å². The van der Waals surface area contributed by atoms with Crippen LogP contribution in [0.25, 0.3) is 0 Å². The summed E-state index contributed by atoms with van der Waals surface area (Å²) in [5.74, 6) is 0.760. The molecule has 6 heteroatoms. The Morgan fingerprint density at radius 3 is 2.53 bits per heavy atom. The van der Waals surface area contributed by atoms with Gasteiger partial charge in [-0.2, -0.15) is 0 Å². The number of hydrogen-bond donors (Lipinski definition) is 2. The van der Waals surface area contributed by atoms with Gasteiger partial charge in [0.1, 0.15) is 0 Å². The van der Waals surface area contributed by atoms with Crippen LogP contribution in [0.4, 0.5) is 10.3 Å². The first-order chi connectivity index (χ1) is 8.15. The summed E-state index contributed by atoms with van der Waals surface area (Å²) in [6.07, 6.45) is 5.20. The lowest BCUT2D eigenvalue weighted by Gasteiger charge is -2.32. The summed E-state index contributed by atoms with van der Waals surface area (Å²) in [5, 5.41) is 12.5. The molecule has 3 N–H and O–H groups in total. The molecular weight excluding hydrogens is 234 g/mol. The fourth-order valence-electron chi connectivity index (χ4n) is 2.40. The molecule has 2 rings (SSSR count). The van der Waals surface area contributed by atoms with Crippen LogP contribution in [0.3, 0.4) is 0 Å². The second-order valence-corrected chi connectivity index (χ2v) is 5.97. The van der Waals surface area contributed by atoms with E-state index in [0.29, 0.717) is 5.13 Å². The van der Waals surface area contributed by atoms with Crippen LogP contribution in [0.15, 0.2) is 0 Å². The number of anilines is 2. The highest BCUT2D eigenvalue weighted by atomic mass is 32.1. The van der Waals surface area contributed by atoms with E-state index >= 15 is 0 Å². The minimum absolute atomic E-state index is 0.531. The third-order valence-corrected chi connectivity index (χ3v) is 4.24. The van der Waals surface area contributed by atoms with E-state index in [0.717, 1.165) is 23.6 Å². The van der Waals surface area contributed by atoms with Crippen LogP contribution in [0, 0.1) is 5.92 Å². The van der Waals surface area contributed by atoms with Gasteiger partial charge >= 0.3 is 0 Å². The molecule has 96 valence electrons. The largest absolute Gasteiger partial charge is 0.374 e. The monoisotopic (exact) mass is 255 g/mol. The van der Waals surface area contributed by atoms with Gasteiger partial charge in [0.2, 0.25) is 10.3 Å². The van der Waals surface area contributed by atoms with Gasteiger partial charge in [-0.05, 0) is 45.7 Å². The average Bonchev–Trinajstić information content (AvgIpc) is 2.73. The van der Waals surface area contributed by atoms with Crippen LogP contribution in [0.5, 0.6) is 0 Å². The Balaban J connectivity index is 1.71. The minimum Gasteiger partial charge on any atom is -0.374 e. The summed E-state index contributed by atoms with van der Waals surface area (Å²) in [4.78, 5) is 2.34. The zero-order valence-corrected chi connectivity index (χ0v) is 11.3. The molecule has 1 aromatic heterocycles. The molecule has 1 aliphatic carbocycles. The van der Waals surface area contributed by atoms with Gasteiger partial charge in [0.25, 0.3) is 0 Å². The lowest BCUT2D eigenvalue weighted by Crippen LogP contribution is -2.33. The van der Waals surface area contributed by atoms with Crippen LogP contribution in [-0.4, -0.2) is 41.8 Å². The molecule has 1 heterocycles. The van der Waals surface area contributed by atoms with E-state index < -0.39 is 0 Å². The van der Waals surface area contributed by atoms with Crippen LogP contribution in [-0.2, 0) is 0 Å². The number of nitrogens with one attached hydrogen (secondary N) is 1. The molecule has 0 radical (unpaired) electrons. The van der Waals surface area contributed by atoms with Gasteiger partial charge in [-0.3, -0.25) is 0 Å². The Hall–Kier alpha value is -0.880. The van der Waals surface area contributed by atoms with Gasteiger partial charge in [0.05, 0.1) is 0 Å². The van der Waals surface area contributed by atoms with E-state index in [1.54, 1.807) is 0 Å². The average molecular weight is 255 g/mol. The highest BCUT2D eigenvalue weighted by Gasteiger charge is 2.22. The first kappa shape index (κ1) is 12.6. The molecule has 1 fully saturated rings.